The smallest absolute Gasteiger partial charge is 0.0725 e. The fourth-order valence-electron chi connectivity index (χ4n) is 2.37. The van der Waals surface area contributed by atoms with Crippen molar-refractivity contribution in [3.05, 3.63) is 0 Å². The monoisotopic (exact) mass is 476 g/mol. The van der Waals surface area contributed by atoms with Gasteiger partial charge in [0.05, 0.1) is 18.3 Å². The standard InChI is InChI=1S/C16H28S8/c1-3-5-18-13-15(23-13)20-9-11-7-17-8-12(22-11)10-21-16-14(24-16)19-6-4-2/h11-16H,3-10H2,1-2H3. The summed E-state index contributed by atoms with van der Waals surface area (Å²) in [5, 5.41) is 1.80. The number of rotatable bonds is 12. The normalized spacial score (nSPS) is 38.2. The summed E-state index contributed by atoms with van der Waals surface area (Å²) in [6.45, 7) is 4.59. The van der Waals surface area contributed by atoms with Crippen molar-refractivity contribution in [3.63, 3.8) is 0 Å². The average Bonchev–Trinajstić information content (AvgIpc) is 3.51. The first-order valence-electron chi connectivity index (χ1n) is 8.80. The molecule has 0 aromatic heterocycles. The molecule has 3 heterocycles. The Morgan fingerprint density at radius 3 is 1.58 bits per heavy atom. The second-order valence-electron chi connectivity index (χ2n) is 6.07. The first kappa shape index (κ1) is 21.5. The van der Waals surface area contributed by atoms with E-state index >= 15 is 0 Å². The third-order valence-electron chi connectivity index (χ3n) is 3.69. The van der Waals surface area contributed by atoms with Crippen molar-refractivity contribution in [2.24, 2.45) is 0 Å². The van der Waals surface area contributed by atoms with Gasteiger partial charge in [-0.25, -0.2) is 0 Å². The van der Waals surface area contributed by atoms with Gasteiger partial charge in [0.15, 0.2) is 0 Å². The Kier molecular flexibility index (Phi) is 10.5. The van der Waals surface area contributed by atoms with E-state index in [1.807, 2.05) is 0 Å². The van der Waals surface area contributed by atoms with E-state index in [1.165, 1.54) is 47.4 Å². The van der Waals surface area contributed by atoms with Gasteiger partial charge < -0.3 is 0 Å². The lowest BCUT2D eigenvalue weighted by Gasteiger charge is -2.28. The van der Waals surface area contributed by atoms with Crippen LogP contribution in [-0.4, -0.2) is 63.3 Å². The highest BCUT2D eigenvalue weighted by molar-refractivity contribution is 8.33. The predicted octanol–water partition coefficient (Wildman–Crippen LogP) is 6.75. The molecular formula is C16H28S8. The van der Waals surface area contributed by atoms with Crippen LogP contribution in [0.15, 0.2) is 0 Å². The molecule has 24 heavy (non-hydrogen) atoms. The lowest BCUT2D eigenvalue weighted by atomic mass is 10.5. The van der Waals surface area contributed by atoms with Gasteiger partial charge in [-0.1, -0.05) is 13.8 Å². The zero-order valence-corrected chi connectivity index (χ0v) is 20.9. The molecule has 0 amide bonds. The minimum atomic E-state index is 0.898. The molecule has 3 aliphatic heterocycles. The summed E-state index contributed by atoms with van der Waals surface area (Å²) in [7, 11) is 0. The third kappa shape index (κ3) is 7.67. The van der Waals surface area contributed by atoms with E-state index in [4.69, 9.17) is 0 Å². The van der Waals surface area contributed by atoms with Crippen LogP contribution in [0, 0.1) is 0 Å². The molecule has 140 valence electrons. The van der Waals surface area contributed by atoms with E-state index in [0.717, 1.165) is 28.8 Å². The third-order valence-corrected chi connectivity index (χ3v) is 17.7. The predicted molar refractivity (Wildman–Crippen MR) is 133 cm³/mol. The maximum absolute atomic E-state index is 2.31. The van der Waals surface area contributed by atoms with Crippen molar-refractivity contribution in [2.75, 3.05) is 34.5 Å². The molecule has 8 heteroatoms. The van der Waals surface area contributed by atoms with Gasteiger partial charge in [-0.15, -0.1) is 70.6 Å². The average molecular weight is 477 g/mol. The van der Waals surface area contributed by atoms with E-state index < -0.39 is 0 Å². The molecule has 0 aromatic carbocycles. The fourth-order valence-corrected chi connectivity index (χ4v) is 15.4. The molecule has 0 aliphatic carbocycles. The topological polar surface area (TPSA) is 0 Å². The lowest BCUT2D eigenvalue weighted by Crippen LogP contribution is -2.25. The molecule has 3 rings (SSSR count). The molecular weight excluding hydrogens is 449 g/mol. The summed E-state index contributed by atoms with van der Waals surface area (Å²) in [4.78, 5) is 0. The summed E-state index contributed by atoms with van der Waals surface area (Å²) >= 11 is 17.8. The number of hydrogen-bond donors (Lipinski definition) is 0. The molecule has 0 aromatic rings. The van der Waals surface area contributed by atoms with Gasteiger partial charge in [0.2, 0.25) is 0 Å². The molecule has 0 radical (unpaired) electrons. The van der Waals surface area contributed by atoms with Crippen LogP contribution < -0.4 is 0 Å². The molecule has 0 nitrogen and oxygen atoms in total. The molecule has 6 atom stereocenters. The summed E-state index contributed by atoms with van der Waals surface area (Å²) in [5.41, 5.74) is 0. The van der Waals surface area contributed by atoms with Crippen molar-refractivity contribution in [2.45, 2.75) is 55.5 Å². The van der Waals surface area contributed by atoms with Crippen LogP contribution in [0.2, 0.25) is 0 Å². The zero-order chi connectivity index (χ0) is 16.8. The van der Waals surface area contributed by atoms with Gasteiger partial charge in [0, 0.05) is 33.5 Å². The summed E-state index contributed by atoms with van der Waals surface area (Å²) < 4.78 is 3.63. The van der Waals surface area contributed by atoms with Gasteiger partial charge in [0.25, 0.3) is 0 Å². The Bertz CT molecular complexity index is 336. The van der Waals surface area contributed by atoms with Crippen LogP contribution >= 0.6 is 94.1 Å². The molecule has 3 fully saturated rings. The summed E-state index contributed by atoms with van der Waals surface area (Å²) in [6, 6.07) is 0. The van der Waals surface area contributed by atoms with Gasteiger partial charge in [-0.05, 0) is 24.3 Å². The Balaban J connectivity index is 1.24. The van der Waals surface area contributed by atoms with Crippen molar-refractivity contribution in [1.29, 1.82) is 0 Å². The van der Waals surface area contributed by atoms with Crippen LogP contribution in [0.4, 0.5) is 0 Å². The first-order chi connectivity index (χ1) is 11.8. The second kappa shape index (κ2) is 11.7. The molecule has 0 spiro atoms. The molecule has 0 bridgehead atoms. The molecule has 0 saturated carbocycles. The second-order valence-corrected chi connectivity index (χ2v) is 17.4. The Hall–Kier alpha value is 2.80. The Labute approximate surface area is 182 Å². The minimum Gasteiger partial charge on any atom is -0.160 e. The molecule has 6 unspecified atom stereocenters. The minimum absolute atomic E-state index is 0.898. The molecule has 3 aliphatic rings. The van der Waals surface area contributed by atoms with Gasteiger partial charge in [0.1, 0.15) is 0 Å². The lowest BCUT2D eigenvalue weighted by molar-refractivity contribution is 1.05. The zero-order valence-electron chi connectivity index (χ0n) is 14.4. The van der Waals surface area contributed by atoms with Crippen LogP contribution in [0.25, 0.3) is 0 Å². The van der Waals surface area contributed by atoms with Gasteiger partial charge in [-0.2, -0.15) is 23.5 Å². The van der Waals surface area contributed by atoms with Crippen LogP contribution in [0.5, 0.6) is 0 Å². The summed E-state index contributed by atoms with van der Waals surface area (Å²) in [5.74, 6) is 8.23. The largest absolute Gasteiger partial charge is 0.160 e. The van der Waals surface area contributed by atoms with Crippen LogP contribution in [0.3, 0.4) is 0 Å². The Morgan fingerprint density at radius 1 is 0.667 bits per heavy atom. The highest BCUT2D eigenvalue weighted by Crippen LogP contribution is 2.57. The van der Waals surface area contributed by atoms with Gasteiger partial charge in [-0.3, -0.25) is 0 Å². The maximum Gasteiger partial charge on any atom is 0.0725 e. The number of thioether (sulfide) groups is 8. The van der Waals surface area contributed by atoms with Crippen molar-refractivity contribution < 1.29 is 0 Å². The van der Waals surface area contributed by atoms with E-state index in [1.54, 1.807) is 0 Å². The SMILES string of the molecule is CCCSC1SC1SCC1CSCC(CSC2SC2SCCC)S1. The highest BCUT2D eigenvalue weighted by atomic mass is 32.2. The Morgan fingerprint density at radius 2 is 1.12 bits per heavy atom. The van der Waals surface area contributed by atoms with E-state index in [2.05, 4.69) is 108 Å². The van der Waals surface area contributed by atoms with Crippen LogP contribution in [-0.2, 0) is 0 Å². The van der Waals surface area contributed by atoms with Crippen molar-refractivity contribution >= 4 is 94.1 Å². The first-order valence-corrected chi connectivity index (χ1v) is 17.0. The summed E-state index contributed by atoms with van der Waals surface area (Å²) in [6.07, 6.45) is 2.65. The molecule has 3 saturated heterocycles. The fraction of sp³-hybridized carbons (Fsp3) is 1.00. The van der Waals surface area contributed by atoms with E-state index in [0.29, 0.717) is 0 Å². The quantitative estimate of drug-likeness (QED) is 0.280. The van der Waals surface area contributed by atoms with Gasteiger partial charge >= 0.3 is 0 Å². The van der Waals surface area contributed by atoms with E-state index in [-0.39, 0.29) is 0 Å². The number of hydrogen-bond acceptors (Lipinski definition) is 8. The highest BCUT2D eigenvalue weighted by Gasteiger charge is 2.41. The maximum atomic E-state index is 2.31. The van der Waals surface area contributed by atoms with E-state index in [9.17, 15) is 0 Å². The van der Waals surface area contributed by atoms with Crippen molar-refractivity contribution in [3.8, 4) is 0 Å². The van der Waals surface area contributed by atoms with Crippen molar-refractivity contribution in [1.82, 2.24) is 0 Å². The van der Waals surface area contributed by atoms with Crippen LogP contribution in [0.1, 0.15) is 26.7 Å². The molecule has 0 N–H and O–H groups in total.